The number of Topliss-reactive ketones (excluding diaryl/α,β-unsaturated/α-hetero) is 1. The van der Waals surface area contributed by atoms with Crippen LogP contribution in [0.25, 0.3) is 22.4 Å². The number of para-hydroxylation sites is 1. The largest absolute Gasteiger partial charge is 0.453 e. The molecule has 0 saturated carbocycles. The van der Waals surface area contributed by atoms with Gasteiger partial charge in [-0.05, 0) is 31.5 Å². The van der Waals surface area contributed by atoms with E-state index in [1.54, 1.807) is 6.07 Å². The molecule has 2 aromatic heterocycles. The van der Waals surface area contributed by atoms with Crippen LogP contribution in [-0.4, -0.2) is 26.3 Å². The van der Waals surface area contributed by atoms with Crippen molar-refractivity contribution in [3.63, 3.8) is 0 Å². The van der Waals surface area contributed by atoms with Crippen molar-refractivity contribution < 1.29 is 9.21 Å². The Balaban J connectivity index is 1.54. The average molecular weight is 377 g/mol. The quantitative estimate of drug-likeness (QED) is 0.350. The third-order valence-electron chi connectivity index (χ3n) is 4.45. The van der Waals surface area contributed by atoms with Crippen LogP contribution in [0.4, 0.5) is 0 Å². The van der Waals surface area contributed by atoms with Crippen LogP contribution in [0.3, 0.4) is 0 Å². The molecule has 0 unspecified atom stereocenters. The summed E-state index contributed by atoms with van der Waals surface area (Å²) in [6, 6.07) is 17.5. The molecule has 0 N–H and O–H groups in total. The third-order valence-corrected chi connectivity index (χ3v) is 5.42. The van der Waals surface area contributed by atoms with E-state index >= 15 is 0 Å². The number of nitrogens with zero attached hydrogens (tertiary/aromatic N) is 3. The van der Waals surface area contributed by atoms with Crippen molar-refractivity contribution in [3.8, 4) is 11.4 Å². The summed E-state index contributed by atoms with van der Waals surface area (Å²) in [5.41, 5.74) is 2.93. The van der Waals surface area contributed by atoms with Crippen molar-refractivity contribution >= 4 is 28.5 Å². The Bertz CT molecular complexity index is 1080. The summed E-state index contributed by atoms with van der Waals surface area (Å²) in [7, 11) is 0. The molecule has 0 fully saturated rings. The fourth-order valence-corrected chi connectivity index (χ4v) is 3.90. The number of hydrogen-bond donors (Lipinski definition) is 0. The average Bonchev–Trinajstić information content (AvgIpc) is 3.30. The predicted molar refractivity (Wildman–Crippen MR) is 107 cm³/mol. The molecule has 0 radical (unpaired) electrons. The van der Waals surface area contributed by atoms with E-state index in [2.05, 4.69) is 30.1 Å². The maximum atomic E-state index is 12.5. The van der Waals surface area contributed by atoms with E-state index in [0.717, 1.165) is 39.6 Å². The van der Waals surface area contributed by atoms with E-state index < -0.39 is 0 Å². The van der Waals surface area contributed by atoms with Gasteiger partial charge in [0.25, 0.3) is 0 Å². The number of hydrogen-bond acceptors (Lipinski definition) is 5. The summed E-state index contributed by atoms with van der Waals surface area (Å²) in [5.74, 6) is 1.41. The summed E-state index contributed by atoms with van der Waals surface area (Å²) in [5, 5.41) is 10.3. The first kappa shape index (κ1) is 17.5. The SMILES string of the molecule is CCn1c(SCC(=O)c2cc3ccccc3o2)nnc1-c1ccccc1C. The molecule has 0 saturated heterocycles. The minimum Gasteiger partial charge on any atom is -0.453 e. The number of fused-ring (bicyclic) bond motifs is 1. The van der Waals surface area contributed by atoms with Crippen molar-refractivity contribution in [1.29, 1.82) is 0 Å². The molecule has 2 heterocycles. The summed E-state index contributed by atoms with van der Waals surface area (Å²) in [6.07, 6.45) is 0. The smallest absolute Gasteiger partial charge is 0.208 e. The summed E-state index contributed by atoms with van der Waals surface area (Å²) in [6.45, 7) is 4.84. The van der Waals surface area contributed by atoms with Gasteiger partial charge >= 0.3 is 0 Å². The third kappa shape index (κ3) is 3.40. The number of furan rings is 1. The molecule has 0 aliphatic heterocycles. The molecule has 0 amide bonds. The zero-order valence-electron chi connectivity index (χ0n) is 15.2. The first-order chi connectivity index (χ1) is 13.2. The Labute approximate surface area is 161 Å². The lowest BCUT2D eigenvalue weighted by Gasteiger charge is -2.08. The van der Waals surface area contributed by atoms with E-state index in [4.69, 9.17) is 4.42 Å². The molecule has 4 aromatic rings. The first-order valence-electron chi connectivity index (χ1n) is 8.81. The van der Waals surface area contributed by atoms with E-state index in [-0.39, 0.29) is 11.5 Å². The van der Waals surface area contributed by atoms with Gasteiger partial charge in [0.1, 0.15) is 5.58 Å². The maximum Gasteiger partial charge on any atom is 0.208 e. The number of thioether (sulfide) groups is 1. The van der Waals surface area contributed by atoms with Gasteiger partial charge in [-0.3, -0.25) is 4.79 Å². The molecule has 0 aliphatic rings. The molecule has 0 atom stereocenters. The van der Waals surface area contributed by atoms with E-state index in [1.807, 2.05) is 47.0 Å². The number of aromatic nitrogens is 3. The van der Waals surface area contributed by atoms with Crippen molar-refractivity contribution in [2.45, 2.75) is 25.5 Å². The normalized spacial score (nSPS) is 11.2. The van der Waals surface area contributed by atoms with E-state index in [0.29, 0.717) is 5.76 Å². The van der Waals surface area contributed by atoms with Gasteiger partial charge < -0.3 is 8.98 Å². The zero-order valence-corrected chi connectivity index (χ0v) is 16.0. The summed E-state index contributed by atoms with van der Waals surface area (Å²) < 4.78 is 7.70. The van der Waals surface area contributed by atoms with Gasteiger partial charge in [0.15, 0.2) is 16.7 Å². The number of benzene rings is 2. The Kier molecular flexibility index (Phi) is 4.81. The monoisotopic (exact) mass is 377 g/mol. The van der Waals surface area contributed by atoms with Gasteiger partial charge in [0.2, 0.25) is 5.78 Å². The lowest BCUT2D eigenvalue weighted by Crippen LogP contribution is -2.04. The van der Waals surface area contributed by atoms with Gasteiger partial charge in [-0.1, -0.05) is 54.2 Å². The van der Waals surface area contributed by atoms with Gasteiger partial charge in [-0.15, -0.1) is 10.2 Å². The van der Waals surface area contributed by atoms with Gasteiger partial charge in [-0.25, -0.2) is 0 Å². The Hall–Kier alpha value is -2.86. The minimum atomic E-state index is -0.0562. The summed E-state index contributed by atoms with van der Waals surface area (Å²) in [4.78, 5) is 12.5. The molecule has 0 aliphatic carbocycles. The highest BCUT2D eigenvalue weighted by atomic mass is 32.2. The number of rotatable bonds is 6. The van der Waals surface area contributed by atoms with Gasteiger partial charge in [0.05, 0.1) is 5.75 Å². The van der Waals surface area contributed by atoms with Crippen LogP contribution >= 0.6 is 11.8 Å². The predicted octanol–water partition coefficient (Wildman–Crippen LogP) is 4.99. The molecule has 6 heteroatoms. The molecular formula is C21H19N3O2S. The molecule has 27 heavy (non-hydrogen) atoms. The fraction of sp³-hybridized carbons (Fsp3) is 0.190. The number of carbonyl (C=O) groups is 1. The molecular weight excluding hydrogens is 358 g/mol. The fourth-order valence-electron chi connectivity index (χ4n) is 3.02. The number of carbonyl (C=O) groups excluding carboxylic acids is 1. The highest BCUT2D eigenvalue weighted by Crippen LogP contribution is 2.27. The van der Waals surface area contributed by atoms with Crippen LogP contribution in [0.15, 0.2) is 64.2 Å². The first-order valence-corrected chi connectivity index (χ1v) is 9.79. The number of aryl methyl sites for hydroxylation is 1. The molecule has 0 bridgehead atoms. The van der Waals surface area contributed by atoms with E-state index in [9.17, 15) is 4.79 Å². The second-order valence-corrected chi connectivity index (χ2v) is 7.17. The topological polar surface area (TPSA) is 60.9 Å². The van der Waals surface area contributed by atoms with E-state index in [1.165, 1.54) is 11.8 Å². The lowest BCUT2D eigenvalue weighted by atomic mass is 10.1. The molecule has 2 aromatic carbocycles. The lowest BCUT2D eigenvalue weighted by molar-refractivity contribution is 0.0994. The van der Waals surface area contributed by atoms with Crippen molar-refractivity contribution in [1.82, 2.24) is 14.8 Å². The number of ketones is 1. The highest BCUT2D eigenvalue weighted by Gasteiger charge is 2.18. The molecule has 0 spiro atoms. The van der Waals surface area contributed by atoms with Gasteiger partial charge in [0, 0.05) is 17.5 Å². The second-order valence-electron chi connectivity index (χ2n) is 6.23. The van der Waals surface area contributed by atoms with Crippen LogP contribution in [0.5, 0.6) is 0 Å². The maximum absolute atomic E-state index is 12.5. The van der Waals surface area contributed by atoms with Crippen molar-refractivity contribution in [2.75, 3.05) is 5.75 Å². The Morgan fingerprint density at radius 3 is 2.67 bits per heavy atom. The molecule has 4 rings (SSSR count). The van der Waals surface area contributed by atoms with Crippen LogP contribution in [0.1, 0.15) is 23.0 Å². The minimum absolute atomic E-state index is 0.0562. The van der Waals surface area contributed by atoms with Crippen LogP contribution in [0, 0.1) is 6.92 Å². The molecule has 136 valence electrons. The van der Waals surface area contributed by atoms with Gasteiger partial charge in [-0.2, -0.15) is 0 Å². The van der Waals surface area contributed by atoms with Crippen LogP contribution in [-0.2, 0) is 6.54 Å². The standard InChI is InChI=1S/C21H19N3O2S/c1-3-24-20(16-10-6-4-8-14(16)2)22-23-21(24)27-13-17(25)19-12-15-9-5-7-11-18(15)26-19/h4-12H,3,13H2,1-2H3. The zero-order chi connectivity index (χ0) is 18.8. The van der Waals surface area contributed by atoms with Crippen LogP contribution < -0.4 is 0 Å². The van der Waals surface area contributed by atoms with Crippen molar-refractivity contribution in [2.24, 2.45) is 0 Å². The Morgan fingerprint density at radius 2 is 1.89 bits per heavy atom. The van der Waals surface area contributed by atoms with Crippen LogP contribution in [0.2, 0.25) is 0 Å². The van der Waals surface area contributed by atoms with Crippen molar-refractivity contribution in [3.05, 3.63) is 65.9 Å². The molecule has 5 nitrogen and oxygen atoms in total. The summed E-state index contributed by atoms with van der Waals surface area (Å²) >= 11 is 1.39. The second kappa shape index (κ2) is 7.40. The highest BCUT2D eigenvalue weighted by molar-refractivity contribution is 7.99. The Morgan fingerprint density at radius 1 is 1.11 bits per heavy atom.